The SMILES string of the molecule is CCC\C=C/C=C\C=C/C=C\C=C/CCCCCCCC(=O)OCC(COC(=O)CCCCCCCCCCCCCCCCC)OC(=O)CCCCCCCC/C=C\C=C/CCCCC. The van der Waals surface area contributed by atoms with Crippen molar-refractivity contribution < 1.29 is 28.6 Å². The monoisotopic (exact) mass is 919 g/mol. The lowest BCUT2D eigenvalue weighted by Gasteiger charge is -2.18. The van der Waals surface area contributed by atoms with Crippen molar-refractivity contribution in [2.24, 2.45) is 0 Å². The fraction of sp³-hybridized carbons (Fsp3) is 0.717. The van der Waals surface area contributed by atoms with E-state index in [9.17, 15) is 14.4 Å². The third kappa shape index (κ3) is 51.6. The molecular weight excluding hydrogens is 817 g/mol. The van der Waals surface area contributed by atoms with Crippen LogP contribution in [0, 0.1) is 0 Å². The van der Waals surface area contributed by atoms with Crippen LogP contribution in [-0.4, -0.2) is 37.2 Å². The first-order valence-corrected chi connectivity index (χ1v) is 27.7. The molecule has 0 amide bonds. The van der Waals surface area contributed by atoms with Crippen molar-refractivity contribution in [3.63, 3.8) is 0 Å². The molecule has 6 nitrogen and oxygen atoms in total. The van der Waals surface area contributed by atoms with Gasteiger partial charge in [0.2, 0.25) is 0 Å². The summed E-state index contributed by atoms with van der Waals surface area (Å²) in [5.41, 5.74) is 0. The van der Waals surface area contributed by atoms with E-state index < -0.39 is 6.10 Å². The van der Waals surface area contributed by atoms with Gasteiger partial charge in [0.05, 0.1) is 0 Å². The van der Waals surface area contributed by atoms with Crippen LogP contribution < -0.4 is 0 Å². The first kappa shape index (κ1) is 62.6. The summed E-state index contributed by atoms with van der Waals surface area (Å²) >= 11 is 0. The Labute approximate surface area is 407 Å². The lowest BCUT2D eigenvalue weighted by molar-refractivity contribution is -0.167. The Hall–Kier alpha value is -3.41. The van der Waals surface area contributed by atoms with E-state index in [1.54, 1.807) is 0 Å². The van der Waals surface area contributed by atoms with E-state index >= 15 is 0 Å². The van der Waals surface area contributed by atoms with Gasteiger partial charge in [-0.3, -0.25) is 14.4 Å². The number of allylic oxidation sites excluding steroid dienone is 14. The minimum Gasteiger partial charge on any atom is -0.462 e. The second-order valence-corrected chi connectivity index (χ2v) is 18.3. The summed E-state index contributed by atoms with van der Waals surface area (Å²) in [6, 6.07) is 0. The van der Waals surface area contributed by atoms with Gasteiger partial charge in [-0.2, -0.15) is 0 Å². The zero-order valence-electron chi connectivity index (χ0n) is 43.2. The molecule has 0 radical (unpaired) electrons. The summed E-state index contributed by atoms with van der Waals surface area (Å²) in [4.78, 5) is 38.1. The average molecular weight is 919 g/mol. The lowest BCUT2D eigenvalue weighted by atomic mass is 10.0. The summed E-state index contributed by atoms with van der Waals surface area (Å²) in [6.45, 7) is 6.50. The Morgan fingerprint density at radius 3 is 0.955 bits per heavy atom. The highest BCUT2D eigenvalue weighted by atomic mass is 16.6. The molecule has 66 heavy (non-hydrogen) atoms. The van der Waals surface area contributed by atoms with E-state index in [0.29, 0.717) is 19.3 Å². The maximum Gasteiger partial charge on any atom is 0.306 e. The Morgan fingerprint density at radius 1 is 0.303 bits per heavy atom. The summed E-state index contributed by atoms with van der Waals surface area (Å²) in [6.07, 6.45) is 69.8. The normalized spacial score (nSPS) is 12.7. The van der Waals surface area contributed by atoms with Crippen LogP contribution in [0.4, 0.5) is 0 Å². The second kappa shape index (κ2) is 54.2. The number of rotatable bonds is 49. The number of hydrogen-bond acceptors (Lipinski definition) is 6. The number of unbranched alkanes of at least 4 members (excludes halogenated alkanes) is 29. The molecule has 378 valence electrons. The van der Waals surface area contributed by atoms with E-state index in [-0.39, 0.29) is 31.1 Å². The van der Waals surface area contributed by atoms with E-state index in [4.69, 9.17) is 14.2 Å². The zero-order chi connectivity index (χ0) is 47.9. The highest BCUT2D eigenvalue weighted by Gasteiger charge is 2.19. The van der Waals surface area contributed by atoms with Gasteiger partial charge < -0.3 is 14.2 Å². The first-order chi connectivity index (χ1) is 32.5. The molecule has 0 heterocycles. The molecule has 6 heteroatoms. The van der Waals surface area contributed by atoms with Crippen molar-refractivity contribution in [2.45, 2.75) is 264 Å². The number of carbonyl (C=O) groups is 3. The Balaban J connectivity index is 4.45. The smallest absolute Gasteiger partial charge is 0.306 e. The minimum atomic E-state index is -0.792. The summed E-state index contributed by atoms with van der Waals surface area (Å²) in [5.74, 6) is -0.921. The molecule has 0 aliphatic carbocycles. The van der Waals surface area contributed by atoms with Crippen LogP contribution in [-0.2, 0) is 28.6 Å². The summed E-state index contributed by atoms with van der Waals surface area (Å²) in [5, 5.41) is 0. The maximum absolute atomic E-state index is 12.8. The molecule has 0 bridgehead atoms. The predicted octanol–water partition coefficient (Wildman–Crippen LogP) is 18.4. The van der Waals surface area contributed by atoms with Crippen molar-refractivity contribution in [3.05, 3.63) is 85.1 Å². The van der Waals surface area contributed by atoms with Gasteiger partial charge in [-0.1, -0.05) is 260 Å². The molecule has 0 aromatic heterocycles. The third-order valence-electron chi connectivity index (χ3n) is 11.8. The molecule has 0 aliphatic heterocycles. The average Bonchev–Trinajstić information content (AvgIpc) is 3.31. The molecule has 0 N–H and O–H groups in total. The Bertz CT molecular complexity index is 1290. The van der Waals surface area contributed by atoms with Gasteiger partial charge in [-0.15, -0.1) is 0 Å². The number of ether oxygens (including phenoxy) is 3. The van der Waals surface area contributed by atoms with Crippen LogP contribution in [0.25, 0.3) is 0 Å². The molecule has 0 saturated carbocycles. The summed E-state index contributed by atoms with van der Waals surface area (Å²) in [7, 11) is 0. The molecule has 1 unspecified atom stereocenters. The third-order valence-corrected chi connectivity index (χ3v) is 11.8. The van der Waals surface area contributed by atoms with E-state index in [0.717, 1.165) is 96.3 Å². The fourth-order valence-corrected chi connectivity index (χ4v) is 7.58. The molecular formula is C60H102O6. The minimum absolute atomic E-state index is 0.0883. The van der Waals surface area contributed by atoms with Crippen LogP contribution in [0.1, 0.15) is 258 Å². The van der Waals surface area contributed by atoms with Crippen LogP contribution in [0.5, 0.6) is 0 Å². The van der Waals surface area contributed by atoms with Gasteiger partial charge in [0.1, 0.15) is 13.2 Å². The predicted molar refractivity (Wildman–Crippen MR) is 284 cm³/mol. The fourth-order valence-electron chi connectivity index (χ4n) is 7.58. The van der Waals surface area contributed by atoms with Crippen LogP contribution in [0.3, 0.4) is 0 Å². The van der Waals surface area contributed by atoms with Crippen LogP contribution >= 0.6 is 0 Å². The van der Waals surface area contributed by atoms with Crippen molar-refractivity contribution in [1.29, 1.82) is 0 Å². The van der Waals surface area contributed by atoms with Gasteiger partial charge in [0, 0.05) is 19.3 Å². The van der Waals surface area contributed by atoms with Crippen molar-refractivity contribution in [2.75, 3.05) is 13.2 Å². The molecule has 0 aromatic carbocycles. The maximum atomic E-state index is 12.8. The molecule has 0 aromatic rings. The van der Waals surface area contributed by atoms with Gasteiger partial charge >= 0.3 is 17.9 Å². The van der Waals surface area contributed by atoms with E-state index in [2.05, 4.69) is 81.5 Å². The number of carbonyl (C=O) groups excluding carboxylic acids is 3. The lowest BCUT2D eigenvalue weighted by Crippen LogP contribution is -2.30. The van der Waals surface area contributed by atoms with Crippen molar-refractivity contribution >= 4 is 17.9 Å². The topological polar surface area (TPSA) is 78.9 Å². The zero-order valence-corrected chi connectivity index (χ0v) is 43.2. The van der Waals surface area contributed by atoms with Crippen molar-refractivity contribution in [3.8, 4) is 0 Å². The van der Waals surface area contributed by atoms with E-state index in [1.807, 2.05) is 24.3 Å². The van der Waals surface area contributed by atoms with Gasteiger partial charge in [-0.05, 0) is 64.2 Å². The van der Waals surface area contributed by atoms with Crippen LogP contribution in [0.15, 0.2) is 85.1 Å². The van der Waals surface area contributed by atoms with Gasteiger partial charge in [0.15, 0.2) is 6.10 Å². The number of esters is 3. The number of hydrogen-bond donors (Lipinski definition) is 0. The molecule has 0 aliphatic rings. The molecule has 0 saturated heterocycles. The largest absolute Gasteiger partial charge is 0.462 e. The summed E-state index contributed by atoms with van der Waals surface area (Å²) < 4.78 is 16.8. The molecule has 0 spiro atoms. The first-order valence-electron chi connectivity index (χ1n) is 27.7. The van der Waals surface area contributed by atoms with Gasteiger partial charge in [0.25, 0.3) is 0 Å². The second-order valence-electron chi connectivity index (χ2n) is 18.3. The highest BCUT2D eigenvalue weighted by molar-refractivity contribution is 5.71. The molecule has 0 rings (SSSR count). The van der Waals surface area contributed by atoms with Crippen LogP contribution in [0.2, 0.25) is 0 Å². The standard InChI is InChI=1S/C60H102O6/c1-4-7-10-13-16-19-22-25-28-29-30-33-35-38-41-44-47-50-53-59(62)65-56-57(66-60(63)54-51-48-45-42-39-36-32-27-24-21-18-15-12-9-6-3)55-64-58(61)52-49-46-43-40-37-34-31-26-23-20-17-14-11-8-5-2/h10,13,16,18-19,21-22,24-25,27-30,33,57H,4-9,11-12,14-15,17,20,23,26,31-32,34-56H2,1-3H3/b13-10-,19-16-,21-18-,25-22-,27-24-,29-28-,33-30-. The quantitative estimate of drug-likeness (QED) is 0.0262. The molecule has 0 fully saturated rings. The Morgan fingerprint density at radius 2 is 0.576 bits per heavy atom. The van der Waals surface area contributed by atoms with E-state index in [1.165, 1.54) is 122 Å². The molecule has 1 atom stereocenters. The Kier molecular flexibility index (Phi) is 51.4. The van der Waals surface area contributed by atoms with Gasteiger partial charge in [-0.25, -0.2) is 0 Å². The van der Waals surface area contributed by atoms with Crippen molar-refractivity contribution in [1.82, 2.24) is 0 Å². The highest BCUT2D eigenvalue weighted by Crippen LogP contribution is 2.15.